The van der Waals surface area contributed by atoms with E-state index in [2.05, 4.69) is 42.0 Å². The quantitative estimate of drug-likeness (QED) is 0.302. The van der Waals surface area contributed by atoms with Crippen molar-refractivity contribution < 1.29 is 23.1 Å². The van der Waals surface area contributed by atoms with Crippen molar-refractivity contribution in [3.63, 3.8) is 0 Å². The summed E-state index contributed by atoms with van der Waals surface area (Å²) in [6.45, 7) is 4.56. The molecule has 7 nitrogen and oxygen atoms in total. The average molecular weight is 589 g/mol. The molecule has 1 aliphatic carbocycles. The summed E-state index contributed by atoms with van der Waals surface area (Å²) in [7, 11) is 0. The maximum absolute atomic E-state index is 13.3. The molecule has 1 fully saturated rings. The number of benzene rings is 2. The zero-order valence-corrected chi connectivity index (χ0v) is 23.8. The van der Waals surface area contributed by atoms with E-state index in [0.29, 0.717) is 35.0 Å². The van der Waals surface area contributed by atoms with Crippen molar-refractivity contribution in [1.29, 1.82) is 0 Å². The second-order valence-corrected chi connectivity index (χ2v) is 11.7. The summed E-state index contributed by atoms with van der Waals surface area (Å²) in [6, 6.07) is 17.0. The van der Waals surface area contributed by atoms with Gasteiger partial charge >= 0.3 is 6.18 Å². The third kappa shape index (κ3) is 5.47. The number of hydrogen-bond acceptors (Lipinski definition) is 5. The van der Waals surface area contributed by atoms with Crippen LogP contribution in [-0.2, 0) is 29.4 Å². The van der Waals surface area contributed by atoms with Gasteiger partial charge in [-0.3, -0.25) is 14.6 Å². The summed E-state index contributed by atoms with van der Waals surface area (Å²) in [6.07, 6.45) is -2.93. The molecular formula is C33H31F3N4O3. The fourth-order valence-electron chi connectivity index (χ4n) is 5.79. The molecule has 0 bridgehead atoms. The number of pyridine rings is 1. The number of carbonyl (C=O) groups is 1. The standard InChI is InChI=1S/C33H31F3N4O3/c1-19(2)20-5-4-8-24(16-20)32(11-12-32)31-38-26-10-14-40(18-25(26)29(42)39-31)30(43)28(41)23-7-3-6-21(15-23)22-9-13-37-27(17-22)33(34,35)36/h3-9,13,15-17,19,28,41H,10-12,14,18H2,1-2H3,(H,38,39,42)/t28-/m1/s1. The van der Waals surface area contributed by atoms with Crippen molar-refractivity contribution in [1.82, 2.24) is 19.9 Å². The number of rotatable bonds is 6. The molecule has 4 aromatic rings. The van der Waals surface area contributed by atoms with E-state index in [1.807, 2.05) is 6.07 Å². The SMILES string of the molecule is CC(C)c1cccc(C2(c3nc4c(c(=O)[nH]3)CN(C(=O)[C@H](O)c3cccc(-c5ccnc(C(F)(F)F)c5)c3)CC4)CC2)c1. The van der Waals surface area contributed by atoms with E-state index in [-0.39, 0.29) is 35.2 Å². The maximum Gasteiger partial charge on any atom is 0.433 e. The minimum absolute atomic E-state index is 0.00264. The first kappa shape index (κ1) is 28.8. The molecule has 2 aromatic heterocycles. The predicted octanol–water partition coefficient (Wildman–Crippen LogP) is 5.67. The van der Waals surface area contributed by atoms with Crippen LogP contribution in [0.25, 0.3) is 11.1 Å². The van der Waals surface area contributed by atoms with Crippen molar-refractivity contribution in [3.05, 3.63) is 117 Å². The van der Waals surface area contributed by atoms with E-state index in [1.54, 1.807) is 18.2 Å². The summed E-state index contributed by atoms with van der Waals surface area (Å²) in [5, 5.41) is 11.0. The van der Waals surface area contributed by atoms with Crippen LogP contribution >= 0.6 is 0 Å². The van der Waals surface area contributed by atoms with E-state index >= 15 is 0 Å². The van der Waals surface area contributed by atoms with Gasteiger partial charge in [0, 0.05) is 19.2 Å². The Kier molecular flexibility index (Phi) is 7.20. The Labute approximate surface area is 246 Å². The molecule has 0 radical (unpaired) electrons. The van der Waals surface area contributed by atoms with Gasteiger partial charge in [-0.05, 0) is 64.8 Å². The molecule has 2 N–H and O–H groups in total. The van der Waals surface area contributed by atoms with E-state index in [0.717, 1.165) is 30.7 Å². The molecule has 0 unspecified atom stereocenters. The number of halogens is 3. The van der Waals surface area contributed by atoms with Gasteiger partial charge in [0.25, 0.3) is 11.5 Å². The molecule has 222 valence electrons. The van der Waals surface area contributed by atoms with Crippen LogP contribution in [0.1, 0.15) is 78.2 Å². The number of nitrogens with zero attached hydrogens (tertiary/aromatic N) is 3. The first-order valence-electron chi connectivity index (χ1n) is 14.3. The second-order valence-electron chi connectivity index (χ2n) is 11.7. The molecule has 2 aliphatic rings. The Morgan fingerprint density at radius 3 is 2.47 bits per heavy atom. The fourth-order valence-corrected chi connectivity index (χ4v) is 5.79. The van der Waals surface area contributed by atoms with E-state index in [4.69, 9.17) is 4.98 Å². The number of H-pyrrole nitrogens is 1. The van der Waals surface area contributed by atoms with Gasteiger partial charge in [0.05, 0.1) is 23.2 Å². The van der Waals surface area contributed by atoms with Crippen molar-refractivity contribution in [2.24, 2.45) is 0 Å². The molecule has 1 atom stereocenters. The highest BCUT2D eigenvalue weighted by atomic mass is 19.4. The molecule has 10 heteroatoms. The van der Waals surface area contributed by atoms with Crippen LogP contribution in [0.15, 0.2) is 71.7 Å². The monoisotopic (exact) mass is 588 g/mol. The molecule has 43 heavy (non-hydrogen) atoms. The number of aromatic amines is 1. The number of aliphatic hydroxyl groups is 1. The van der Waals surface area contributed by atoms with Gasteiger partial charge in [-0.15, -0.1) is 0 Å². The summed E-state index contributed by atoms with van der Waals surface area (Å²) in [5.74, 6) is 0.435. The summed E-state index contributed by atoms with van der Waals surface area (Å²) < 4.78 is 39.5. The highest BCUT2D eigenvalue weighted by molar-refractivity contribution is 5.83. The molecule has 6 rings (SSSR count). The fraction of sp³-hybridized carbons (Fsp3) is 0.333. The van der Waals surface area contributed by atoms with Gasteiger partial charge in [0.1, 0.15) is 11.5 Å². The number of aliphatic hydroxyl groups excluding tert-OH is 1. The number of alkyl halides is 3. The van der Waals surface area contributed by atoms with Gasteiger partial charge in [-0.25, -0.2) is 4.98 Å². The van der Waals surface area contributed by atoms with Crippen LogP contribution in [0, 0.1) is 0 Å². The summed E-state index contributed by atoms with van der Waals surface area (Å²) >= 11 is 0. The van der Waals surface area contributed by atoms with Crippen molar-refractivity contribution in [2.45, 2.75) is 63.3 Å². The topological polar surface area (TPSA) is 99.2 Å². The number of fused-ring (bicyclic) bond motifs is 1. The Bertz CT molecular complexity index is 1760. The molecule has 0 spiro atoms. The Balaban J connectivity index is 1.21. The smallest absolute Gasteiger partial charge is 0.378 e. The number of aromatic nitrogens is 3. The largest absolute Gasteiger partial charge is 0.433 e. The van der Waals surface area contributed by atoms with Crippen LogP contribution in [0.4, 0.5) is 13.2 Å². The Morgan fingerprint density at radius 1 is 1.02 bits per heavy atom. The number of amides is 1. The minimum Gasteiger partial charge on any atom is -0.378 e. The number of carbonyl (C=O) groups excluding carboxylic acids is 1. The molecule has 0 saturated heterocycles. The number of nitrogens with one attached hydrogen (secondary N) is 1. The lowest BCUT2D eigenvalue weighted by Gasteiger charge is -2.30. The molecule has 3 heterocycles. The lowest BCUT2D eigenvalue weighted by molar-refractivity contribution is -0.142. The highest BCUT2D eigenvalue weighted by Crippen LogP contribution is 2.52. The van der Waals surface area contributed by atoms with Crippen LogP contribution in [0.3, 0.4) is 0 Å². The van der Waals surface area contributed by atoms with Crippen molar-refractivity contribution >= 4 is 5.91 Å². The van der Waals surface area contributed by atoms with Crippen LogP contribution in [0.5, 0.6) is 0 Å². The molecule has 1 amide bonds. The first-order chi connectivity index (χ1) is 20.5. The van der Waals surface area contributed by atoms with Gasteiger partial charge in [0.2, 0.25) is 0 Å². The molecule has 2 aromatic carbocycles. The van der Waals surface area contributed by atoms with Crippen LogP contribution in [0.2, 0.25) is 0 Å². The highest BCUT2D eigenvalue weighted by Gasteiger charge is 2.49. The lowest BCUT2D eigenvalue weighted by Crippen LogP contribution is -2.42. The third-order valence-corrected chi connectivity index (χ3v) is 8.51. The second kappa shape index (κ2) is 10.8. The maximum atomic E-state index is 13.3. The van der Waals surface area contributed by atoms with Gasteiger partial charge < -0.3 is 15.0 Å². The molecule has 1 saturated carbocycles. The van der Waals surface area contributed by atoms with Crippen LogP contribution < -0.4 is 5.56 Å². The van der Waals surface area contributed by atoms with Crippen molar-refractivity contribution in [2.75, 3.05) is 6.54 Å². The van der Waals surface area contributed by atoms with E-state index in [9.17, 15) is 27.9 Å². The Morgan fingerprint density at radius 2 is 1.74 bits per heavy atom. The predicted molar refractivity (Wildman–Crippen MR) is 154 cm³/mol. The lowest BCUT2D eigenvalue weighted by atomic mass is 9.90. The average Bonchev–Trinajstić information content (AvgIpc) is 3.82. The van der Waals surface area contributed by atoms with Gasteiger partial charge in [-0.2, -0.15) is 13.2 Å². The van der Waals surface area contributed by atoms with Gasteiger partial charge in [-0.1, -0.05) is 56.3 Å². The summed E-state index contributed by atoms with van der Waals surface area (Å²) in [4.78, 5) is 39.3. The van der Waals surface area contributed by atoms with Gasteiger partial charge in [0.15, 0.2) is 6.10 Å². The summed E-state index contributed by atoms with van der Waals surface area (Å²) in [5.41, 5.74) is 2.68. The first-order valence-corrected chi connectivity index (χ1v) is 14.3. The van der Waals surface area contributed by atoms with Crippen LogP contribution in [-0.4, -0.2) is 37.4 Å². The minimum atomic E-state index is -4.60. The molecule has 1 aliphatic heterocycles. The normalized spacial score (nSPS) is 16.6. The zero-order chi connectivity index (χ0) is 30.5. The zero-order valence-electron chi connectivity index (χ0n) is 23.8. The third-order valence-electron chi connectivity index (χ3n) is 8.51. The molecular weight excluding hydrogens is 557 g/mol. The van der Waals surface area contributed by atoms with E-state index < -0.39 is 23.9 Å². The van der Waals surface area contributed by atoms with E-state index in [1.165, 1.54) is 22.6 Å². The van der Waals surface area contributed by atoms with Crippen molar-refractivity contribution in [3.8, 4) is 11.1 Å². The Hall–Kier alpha value is -4.31. The number of hydrogen-bond donors (Lipinski definition) is 2.